The maximum atomic E-state index is 13.8. The van der Waals surface area contributed by atoms with Crippen molar-refractivity contribution < 1.29 is 23.8 Å². The number of halogens is 1. The van der Waals surface area contributed by atoms with E-state index in [1.165, 1.54) is 12.1 Å². The Hall–Kier alpha value is -3.01. The maximum absolute atomic E-state index is 13.8. The van der Waals surface area contributed by atoms with Gasteiger partial charge < -0.3 is 25.0 Å². The largest absolute Gasteiger partial charge is 0.394 e. The first kappa shape index (κ1) is 23.7. The van der Waals surface area contributed by atoms with Gasteiger partial charge >= 0.3 is 0 Å². The summed E-state index contributed by atoms with van der Waals surface area (Å²) in [4.78, 5) is 33.5. The number of carbonyl (C=O) groups is 2. The number of amides is 2. The number of nitrogens with one attached hydrogen (secondary N) is 2. The highest BCUT2D eigenvalue weighted by Crippen LogP contribution is 2.35. The second kappa shape index (κ2) is 9.22. The molecule has 0 aliphatic carbocycles. The predicted octanol–water partition coefficient (Wildman–Crippen LogP) is 2.56. The monoisotopic (exact) mass is 482 g/mol. The minimum absolute atomic E-state index is 0.0586. The number of aromatic nitrogens is 1. The molecule has 0 saturated carbocycles. The van der Waals surface area contributed by atoms with Gasteiger partial charge in [0.1, 0.15) is 5.82 Å². The number of aryl methyl sites for hydroxylation is 1. The number of ether oxygens (including phenoxy) is 1. The van der Waals surface area contributed by atoms with Crippen molar-refractivity contribution in [2.24, 2.45) is 0 Å². The minimum Gasteiger partial charge on any atom is -0.394 e. The Morgan fingerprint density at radius 3 is 2.60 bits per heavy atom. The molecule has 2 aromatic rings. The van der Waals surface area contributed by atoms with Crippen LogP contribution in [0.5, 0.6) is 0 Å². The standard InChI is InChI=1S/C26H31FN4O4/c1-16-22(14-20-19-13-18(27)3-4-21(19)29-24(20)33)28-17(2)23(16)25(34)30-7-5-26(15-32,6-8-30)31-9-11-35-12-10-31/h3-4,13-14,28,32H,5-12,15H2,1-2H3,(H,29,33). The van der Waals surface area contributed by atoms with Gasteiger partial charge in [0.25, 0.3) is 11.8 Å². The molecule has 35 heavy (non-hydrogen) atoms. The molecule has 0 atom stereocenters. The van der Waals surface area contributed by atoms with Crippen molar-refractivity contribution in [3.8, 4) is 0 Å². The lowest BCUT2D eigenvalue weighted by Crippen LogP contribution is -2.60. The number of nitrogens with zero attached hydrogens (tertiary/aromatic N) is 2. The molecule has 3 aliphatic heterocycles. The number of carbonyl (C=O) groups excluding carboxylic acids is 2. The average Bonchev–Trinajstić information content (AvgIpc) is 3.33. The minimum atomic E-state index is -0.414. The number of rotatable bonds is 4. The zero-order chi connectivity index (χ0) is 24.7. The maximum Gasteiger partial charge on any atom is 0.256 e. The van der Waals surface area contributed by atoms with Gasteiger partial charge in [-0.25, -0.2) is 4.39 Å². The Labute approximate surface area is 203 Å². The summed E-state index contributed by atoms with van der Waals surface area (Å²) >= 11 is 0. The number of aliphatic hydroxyl groups excluding tert-OH is 1. The van der Waals surface area contributed by atoms with Crippen LogP contribution in [-0.2, 0) is 9.53 Å². The Balaban J connectivity index is 1.37. The molecular formula is C26H31FN4O4. The van der Waals surface area contributed by atoms with Gasteiger partial charge in [-0.05, 0) is 56.5 Å². The summed E-state index contributed by atoms with van der Waals surface area (Å²) in [5.41, 5.74) is 3.86. The highest BCUT2D eigenvalue weighted by molar-refractivity contribution is 6.34. The Morgan fingerprint density at radius 1 is 1.20 bits per heavy atom. The van der Waals surface area contributed by atoms with Crippen molar-refractivity contribution in [1.82, 2.24) is 14.8 Å². The van der Waals surface area contributed by atoms with Gasteiger partial charge in [-0.15, -0.1) is 0 Å². The van der Waals surface area contributed by atoms with E-state index in [-0.39, 0.29) is 24.0 Å². The van der Waals surface area contributed by atoms with Crippen LogP contribution in [0, 0.1) is 19.7 Å². The third-order valence-corrected chi connectivity index (χ3v) is 7.70. The zero-order valence-electron chi connectivity index (χ0n) is 20.1. The van der Waals surface area contributed by atoms with Crippen LogP contribution in [0.15, 0.2) is 18.2 Å². The smallest absolute Gasteiger partial charge is 0.256 e. The number of fused-ring (bicyclic) bond motifs is 1. The summed E-state index contributed by atoms with van der Waals surface area (Å²) in [5.74, 6) is -0.774. The number of anilines is 1. The summed E-state index contributed by atoms with van der Waals surface area (Å²) in [5, 5.41) is 13.0. The van der Waals surface area contributed by atoms with Crippen molar-refractivity contribution in [2.45, 2.75) is 32.2 Å². The number of aromatic amines is 1. The van der Waals surface area contributed by atoms with Gasteiger partial charge in [-0.3, -0.25) is 14.5 Å². The summed E-state index contributed by atoms with van der Waals surface area (Å²) in [6.45, 7) is 7.82. The van der Waals surface area contributed by atoms with E-state index in [1.807, 2.05) is 18.7 Å². The molecule has 8 nitrogen and oxygen atoms in total. The van der Waals surface area contributed by atoms with Crippen molar-refractivity contribution >= 4 is 29.2 Å². The molecule has 5 rings (SSSR count). The van der Waals surface area contributed by atoms with Gasteiger partial charge in [-0.1, -0.05) is 0 Å². The summed E-state index contributed by atoms with van der Waals surface area (Å²) < 4.78 is 19.3. The van der Waals surface area contributed by atoms with E-state index in [0.717, 1.165) is 24.3 Å². The van der Waals surface area contributed by atoms with Crippen molar-refractivity contribution in [2.75, 3.05) is 51.3 Å². The van der Waals surface area contributed by atoms with E-state index >= 15 is 0 Å². The lowest BCUT2D eigenvalue weighted by atomic mass is 9.85. The molecule has 186 valence electrons. The van der Waals surface area contributed by atoms with Gasteiger partial charge in [0.05, 0.1) is 31.0 Å². The third kappa shape index (κ3) is 4.17. The van der Waals surface area contributed by atoms with Crippen LogP contribution in [-0.4, -0.2) is 83.2 Å². The SMILES string of the molecule is Cc1[nH]c(C=C2C(=O)Nc3ccc(F)cc32)c(C)c1C(=O)N1CCC(CO)(N2CCOCC2)CC1. The lowest BCUT2D eigenvalue weighted by molar-refractivity contribution is -0.110. The molecule has 1 aromatic carbocycles. The van der Waals surface area contributed by atoms with Gasteiger partial charge in [0, 0.05) is 54.4 Å². The fourth-order valence-corrected chi connectivity index (χ4v) is 5.58. The first-order valence-corrected chi connectivity index (χ1v) is 12.1. The predicted molar refractivity (Wildman–Crippen MR) is 131 cm³/mol. The molecule has 0 spiro atoms. The first-order valence-electron chi connectivity index (χ1n) is 12.1. The van der Waals surface area contributed by atoms with E-state index in [4.69, 9.17) is 4.74 Å². The van der Waals surface area contributed by atoms with Crippen LogP contribution >= 0.6 is 0 Å². The van der Waals surface area contributed by atoms with E-state index in [2.05, 4.69) is 15.2 Å². The van der Waals surface area contributed by atoms with Crippen LogP contribution in [0.2, 0.25) is 0 Å². The molecule has 0 unspecified atom stereocenters. The summed E-state index contributed by atoms with van der Waals surface area (Å²) in [6, 6.07) is 4.20. The van der Waals surface area contributed by atoms with Crippen LogP contribution in [0.3, 0.4) is 0 Å². The zero-order valence-corrected chi connectivity index (χ0v) is 20.1. The lowest BCUT2D eigenvalue weighted by Gasteiger charge is -2.49. The van der Waals surface area contributed by atoms with Crippen LogP contribution in [0.4, 0.5) is 10.1 Å². The molecule has 3 aliphatic rings. The van der Waals surface area contributed by atoms with Gasteiger partial charge in [-0.2, -0.15) is 0 Å². The number of benzene rings is 1. The quantitative estimate of drug-likeness (QED) is 0.582. The molecular weight excluding hydrogens is 451 g/mol. The number of morpholine rings is 1. The van der Waals surface area contributed by atoms with Crippen LogP contribution < -0.4 is 5.32 Å². The first-order chi connectivity index (χ1) is 16.8. The van der Waals surface area contributed by atoms with Gasteiger partial charge in [0.2, 0.25) is 0 Å². The van der Waals surface area contributed by atoms with Crippen molar-refractivity contribution in [3.63, 3.8) is 0 Å². The van der Waals surface area contributed by atoms with E-state index in [0.29, 0.717) is 67.2 Å². The number of piperidine rings is 1. The normalized spacial score (nSPS) is 21.3. The van der Waals surface area contributed by atoms with Crippen LogP contribution in [0.25, 0.3) is 11.6 Å². The summed E-state index contributed by atoms with van der Waals surface area (Å²) in [7, 11) is 0. The van der Waals surface area contributed by atoms with Crippen molar-refractivity contribution in [1.29, 1.82) is 0 Å². The topological polar surface area (TPSA) is 97.9 Å². The van der Waals surface area contributed by atoms with E-state index in [1.54, 1.807) is 12.1 Å². The second-order valence-electron chi connectivity index (χ2n) is 9.64. The number of hydrogen-bond acceptors (Lipinski definition) is 5. The molecule has 1 aromatic heterocycles. The van der Waals surface area contributed by atoms with E-state index < -0.39 is 5.82 Å². The third-order valence-electron chi connectivity index (χ3n) is 7.70. The number of aliphatic hydroxyl groups is 1. The molecule has 2 amide bonds. The molecule has 2 saturated heterocycles. The Morgan fingerprint density at radius 2 is 1.91 bits per heavy atom. The fraction of sp³-hybridized carbons (Fsp3) is 0.462. The molecule has 3 N–H and O–H groups in total. The Bertz CT molecular complexity index is 1190. The average molecular weight is 483 g/mol. The number of likely N-dealkylation sites (tertiary alicyclic amines) is 1. The second-order valence-corrected chi connectivity index (χ2v) is 9.64. The fourth-order valence-electron chi connectivity index (χ4n) is 5.58. The number of H-pyrrole nitrogens is 1. The van der Waals surface area contributed by atoms with Crippen molar-refractivity contribution in [3.05, 3.63) is 52.1 Å². The summed E-state index contributed by atoms with van der Waals surface area (Å²) in [6.07, 6.45) is 3.10. The molecule has 9 heteroatoms. The van der Waals surface area contributed by atoms with E-state index in [9.17, 15) is 19.1 Å². The molecule has 0 bridgehead atoms. The van der Waals surface area contributed by atoms with Gasteiger partial charge in [0.15, 0.2) is 0 Å². The Kier molecular flexibility index (Phi) is 6.25. The molecule has 0 radical (unpaired) electrons. The highest BCUT2D eigenvalue weighted by Gasteiger charge is 2.41. The highest BCUT2D eigenvalue weighted by atomic mass is 19.1. The molecule has 4 heterocycles. The van der Waals surface area contributed by atoms with Crippen LogP contribution in [0.1, 0.15) is 45.7 Å². The number of hydrogen-bond donors (Lipinski definition) is 3. The molecule has 2 fully saturated rings.